The summed E-state index contributed by atoms with van der Waals surface area (Å²) in [6.45, 7) is 2.14. The fourth-order valence-electron chi connectivity index (χ4n) is 2.63. The Hall–Kier alpha value is -1.02. The van der Waals surface area contributed by atoms with Crippen LogP contribution in [0.1, 0.15) is 38.2 Å². The van der Waals surface area contributed by atoms with Gasteiger partial charge in [-0.05, 0) is 36.5 Å². The van der Waals surface area contributed by atoms with Gasteiger partial charge in [0, 0.05) is 6.42 Å². The number of rotatable bonds is 2. The van der Waals surface area contributed by atoms with Crippen LogP contribution in [0.5, 0.6) is 5.75 Å². The van der Waals surface area contributed by atoms with Crippen molar-refractivity contribution in [3.05, 3.63) is 29.8 Å². The molecule has 1 aliphatic carbocycles. The molecule has 2 N–H and O–H groups in total. The second kappa shape index (κ2) is 4.46. The summed E-state index contributed by atoms with van der Waals surface area (Å²) < 4.78 is 0. The Morgan fingerprint density at radius 2 is 1.94 bits per heavy atom. The lowest BCUT2D eigenvalue weighted by atomic mass is 9.73. The summed E-state index contributed by atoms with van der Waals surface area (Å²) in [5, 5.41) is 19.8. The zero-order chi connectivity index (χ0) is 11.6. The molecule has 0 radical (unpaired) electrons. The van der Waals surface area contributed by atoms with Crippen molar-refractivity contribution in [3.63, 3.8) is 0 Å². The van der Waals surface area contributed by atoms with Crippen LogP contribution in [-0.4, -0.2) is 15.8 Å². The largest absolute Gasteiger partial charge is 0.508 e. The van der Waals surface area contributed by atoms with E-state index < -0.39 is 5.60 Å². The Morgan fingerprint density at radius 1 is 1.25 bits per heavy atom. The molecule has 0 heterocycles. The van der Waals surface area contributed by atoms with E-state index in [2.05, 4.69) is 6.92 Å². The number of hydrogen-bond acceptors (Lipinski definition) is 2. The molecule has 88 valence electrons. The predicted octanol–water partition coefficient (Wildman–Crippen LogP) is 2.88. The lowest BCUT2D eigenvalue weighted by molar-refractivity contribution is -0.0405. The van der Waals surface area contributed by atoms with Gasteiger partial charge in [0.25, 0.3) is 0 Å². The van der Waals surface area contributed by atoms with Gasteiger partial charge < -0.3 is 10.2 Å². The Morgan fingerprint density at radius 3 is 2.56 bits per heavy atom. The van der Waals surface area contributed by atoms with Crippen molar-refractivity contribution >= 4 is 0 Å². The van der Waals surface area contributed by atoms with Crippen LogP contribution in [0.2, 0.25) is 0 Å². The molecule has 0 spiro atoms. The minimum atomic E-state index is -0.546. The van der Waals surface area contributed by atoms with Gasteiger partial charge in [-0.25, -0.2) is 0 Å². The average molecular weight is 220 g/mol. The van der Waals surface area contributed by atoms with E-state index in [-0.39, 0.29) is 5.75 Å². The van der Waals surface area contributed by atoms with Gasteiger partial charge in [0.15, 0.2) is 0 Å². The van der Waals surface area contributed by atoms with E-state index in [0.29, 0.717) is 12.3 Å². The quantitative estimate of drug-likeness (QED) is 0.804. The molecule has 2 rings (SSSR count). The number of phenolic OH excluding ortho intramolecular Hbond substituents is 1. The molecule has 2 heteroatoms. The van der Waals surface area contributed by atoms with Crippen LogP contribution >= 0.6 is 0 Å². The Labute approximate surface area is 96.9 Å². The van der Waals surface area contributed by atoms with Crippen LogP contribution < -0.4 is 0 Å². The highest BCUT2D eigenvalue weighted by atomic mass is 16.3. The number of hydrogen-bond donors (Lipinski definition) is 2. The second-order valence-electron chi connectivity index (χ2n) is 5.09. The Balaban J connectivity index is 2.10. The summed E-state index contributed by atoms with van der Waals surface area (Å²) in [6.07, 6.45) is 5.08. The predicted molar refractivity (Wildman–Crippen MR) is 64.4 cm³/mol. The minimum absolute atomic E-state index is 0.285. The molecule has 0 aromatic heterocycles. The van der Waals surface area contributed by atoms with E-state index >= 15 is 0 Å². The number of aromatic hydroxyl groups is 1. The molecule has 0 bridgehead atoms. The lowest BCUT2D eigenvalue weighted by Crippen LogP contribution is -2.41. The van der Waals surface area contributed by atoms with Gasteiger partial charge in [0.05, 0.1) is 5.60 Å². The van der Waals surface area contributed by atoms with Gasteiger partial charge >= 0.3 is 0 Å². The van der Waals surface area contributed by atoms with E-state index in [1.807, 2.05) is 12.1 Å². The first kappa shape index (κ1) is 11.5. The fraction of sp³-hybridized carbons (Fsp3) is 0.571. The SMILES string of the molecule is CC1CCCCC1(O)Cc1ccc(O)cc1. The first-order valence-electron chi connectivity index (χ1n) is 6.10. The molecular formula is C14H20O2. The zero-order valence-electron chi connectivity index (χ0n) is 9.82. The molecule has 1 aliphatic rings. The maximum Gasteiger partial charge on any atom is 0.115 e. The summed E-state index contributed by atoms with van der Waals surface area (Å²) in [7, 11) is 0. The monoisotopic (exact) mass is 220 g/mol. The maximum atomic E-state index is 10.6. The second-order valence-corrected chi connectivity index (χ2v) is 5.09. The van der Waals surface area contributed by atoms with E-state index in [4.69, 9.17) is 0 Å². The maximum absolute atomic E-state index is 10.6. The zero-order valence-corrected chi connectivity index (χ0v) is 9.82. The molecule has 1 aromatic carbocycles. The molecule has 0 aliphatic heterocycles. The molecule has 1 aromatic rings. The van der Waals surface area contributed by atoms with Crippen molar-refractivity contribution in [1.82, 2.24) is 0 Å². The summed E-state index contributed by atoms with van der Waals surface area (Å²) in [5.41, 5.74) is 0.559. The minimum Gasteiger partial charge on any atom is -0.508 e. The van der Waals surface area contributed by atoms with Crippen molar-refractivity contribution in [2.75, 3.05) is 0 Å². The molecule has 1 saturated carbocycles. The highest BCUT2D eigenvalue weighted by molar-refractivity contribution is 5.27. The van der Waals surface area contributed by atoms with Crippen molar-refractivity contribution in [3.8, 4) is 5.75 Å². The summed E-state index contributed by atoms with van der Waals surface area (Å²) in [6, 6.07) is 7.17. The number of benzene rings is 1. The van der Waals surface area contributed by atoms with Crippen LogP contribution in [0.15, 0.2) is 24.3 Å². The third-order valence-electron chi connectivity index (χ3n) is 3.86. The highest BCUT2D eigenvalue weighted by Crippen LogP contribution is 2.36. The lowest BCUT2D eigenvalue weighted by Gasteiger charge is -2.38. The number of phenols is 1. The fourth-order valence-corrected chi connectivity index (χ4v) is 2.63. The van der Waals surface area contributed by atoms with Crippen LogP contribution in [0, 0.1) is 5.92 Å². The summed E-state index contributed by atoms with van der Waals surface area (Å²) >= 11 is 0. The van der Waals surface area contributed by atoms with Crippen molar-refractivity contribution in [2.24, 2.45) is 5.92 Å². The van der Waals surface area contributed by atoms with E-state index in [1.165, 1.54) is 6.42 Å². The van der Waals surface area contributed by atoms with Crippen molar-refractivity contribution in [1.29, 1.82) is 0 Å². The molecule has 0 amide bonds. The average Bonchev–Trinajstić information content (AvgIpc) is 2.26. The van der Waals surface area contributed by atoms with Gasteiger partial charge in [-0.3, -0.25) is 0 Å². The first-order valence-corrected chi connectivity index (χ1v) is 6.10. The summed E-state index contributed by atoms with van der Waals surface area (Å²) in [5.74, 6) is 0.655. The third kappa shape index (κ3) is 2.38. The van der Waals surface area contributed by atoms with Gasteiger partial charge in [0.2, 0.25) is 0 Å². The van der Waals surface area contributed by atoms with Crippen LogP contribution in [0.3, 0.4) is 0 Å². The van der Waals surface area contributed by atoms with Gasteiger partial charge in [-0.1, -0.05) is 31.9 Å². The molecule has 2 unspecified atom stereocenters. The normalized spacial score (nSPS) is 30.2. The number of aliphatic hydroxyl groups is 1. The third-order valence-corrected chi connectivity index (χ3v) is 3.86. The topological polar surface area (TPSA) is 40.5 Å². The smallest absolute Gasteiger partial charge is 0.115 e. The molecule has 1 fully saturated rings. The highest BCUT2D eigenvalue weighted by Gasteiger charge is 2.35. The van der Waals surface area contributed by atoms with E-state index in [9.17, 15) is 10.2 Å². The molecule has 2 atom stereocenters. The Bertz CT molecular complexity index is 344. The van der Waals surface area contributed by atoms with Crippen LogP contribution in [0.25, 0.3) is 0 Å². The molecule has 16 heavy (non-hydrogen) atoms. The van der Waals surface area contributed by atoms with Gasteiger partial charge in [-0.15, -0.1) is 0 Å². The van der Waals surface area contributed by atoms with Crippen molar-refractivity contribution < 1.29 is 10.2 Å². The van der Waals surface area contributed by atoms with E-state index in [1.54, 1.807) is 12.1 Å². The van der Waals surface area contributed by atoms with E-state index in [0.717, 1.165) is 24.8 Å². The first-order chi connectivity index (χ1) is 7.60. The molecular weight excluding hydrogens is 200 g/mol. The van der Waals surface area contributed by atoms with Crippen LogP contribution in [0.4, 0.5) is 0 Å². The van der Waals surface area contributed by atoms with Crippen molar-refractivity contribution in [2.45, 2.75) is 44.6 Å². The van der Waals surface area contributed by atoms with Crippen LogP contribution in [-0.2, 0) is 6.42 Å². The van der Waals surface area contributed by atoms with Gasteiger partial charge in [0.1, 0.15) is 5.75 Å². The standard InChI is InChI=1S/C14H20O2/c1-11-4-2-3-9-14(11,16)10-12-5-7-13(15)8-6-12/h5-8,11,15-16H,2-4,9-10H2,1H3. The molecule has 2 nitrogen and oxygen atoms in total. The molecule has 0 saturated heterocycles. The Kier molecular flexibility index (Phi) is 3.20. The summed E-state index contributed by atoms with van der Waals surface area (Å²) in [4.78, 5) is 0. The van der Waals surface area contributed by atoms with Gasteiger partial charge in [-0.2, -0.15) is 0 Å².